The first-order valence-electron chi connectivity index (χ1n) is 8.81. The van der Waals surface area contributed by atoms with Gasteiger partial charge in [0.1, 0.15) is 23.4 Å². The lowest BCUT2D eigenvalue weighted by atomic mass is 10.2. The minimum absolute atomic E-state index is 0.0680. The summed E-state index contributed by atoms with van der Waals surface area (Å²) < 4.78 is 17.0. The van der Waals surface area contributed by atoms with Gasteiger partial charge in [0.2, 0.25) is 0 Å². The Bertz CT molecular complexity index is 969. The van der Waals surface area contributed by atoms with E-state index in [0.717, 1.165) is 24.8 Å². The Labute approximate surface area is 161 Å². The molecule has 0 spiro atoms. The number of pyridine rings is 1. The zero-order valence-electron chi connectivity index (χ0n) is 14.6. The van der Waals surface area contributed by atoms with Crippen molar-refractivity contribution >= 4 is 28.5 Å². The predicted molar refractivity (Wildman–Crippen MR) is 103 cm³/mol. The van der Waals surface area contributed by atoms with Gasteiger partial charge in [0, 0.05) is 18.2 Å². The number of aromatic nitrogens is 1. The van der Waals surface area contributed by atoms with Crippen molar-refractivity contribution in [2.45, 2.75) is 18.9 Å². The Hall–Kier alpha value is -2.63. The van der Waals surface area contributed by atoms with Gasteiger partial charge in [0.25, 0.3) is 0 Å². The second-order valence-electron chi connectivity index (χ2n) is 6.28. The first-order valence-corrected chi connectivity index (χ1v) is 9.19. The molecule has 0 unspecified atom stereocenters. The number of esters is 1. The minimum Gasteiger partial charge on any atom is -0.490 e. The molecule has 2 aromatic carbocycles. The smallest absolute Gasteiger partial charge is 0.347 e. The number of halogens is 1. The maximum atomic E-state index is 12.8. The summed E-state index contributed by atoms with van der Waals surface area (Å²) in [4.78, 5) is 17.1. The van der Waals surface area contributed by atoms with Crippen molar-refractivity contribution in [1.29, 1.82) is 0 Å². The Balaban J connectivity index is 1.56. The van der Waals surface area contributed by atoms with Gasteiger partial charge in [0.15, 0.2) is 5.75 Å². The highest BCUT2D eigenvalue weighted by Gasteiger charge is 2.20. The molecular formula is C21H18ClNO4. The van der Waals surface area contributed by atoms with Gasteiger partial charge in [0.05, 0.1) is 11.1 Å². The quantitative estimate of drug-likeness (QED) is 0.473. The van der Waals surface area contributed by atoms with E-state index in [0.29, 0.717) is 34.2 Å². The lowest BCUT2D eigenvalue weighted by Crippen LogP contribution is -2.18. The number of rotatable bonds is 5. The zero-order valence-corrected chi connectivity index (χ0v) is 15.3. The van der Waals surface area contributed by atoms with Gasteiger partial charge in [-0.3, -0.25) is 4.98 Å². The largest absolute Gasteiger partial charge is 0.490 e. The number of fused-ring (bicyclic) bond motifs is 1. The molecule has 27 heavy (non-hydrogen) atoms. The molecule has 4 rings (SSSR count). The average Bonchev–Trinajstić information content (AvgIpc) is 3.22. The van der Waals surface area contributed by atoms with Crippen molar-refractivity contribution < 1.29 is 19.0 Å². The fourth-order valence-corrected chi connectivity index (χ4v) is 3.28. The summed E-state index contributed by atoms with van der Waals surface area (Å²) in [7, 11) is 0. The predicted octanol–water partition coefficient (Wildman–Crippen LogP) is 4.67. The molecule has 138 valence electrons. The highest BCUT2D eigenvalue weighted by molar-refractivity contribution is 6.35. The van der Waals surface area contributed by atoms with Crippen LogP contribution in [0.15, 0.2) is 54.7 Å². The van der Waals surface area contributed by atoms with Gasteiger partial charge in [-0.05, 0) is 49.2 Å². The van der Waals surface area contributed by atoms with Crippen LogP contribution in [0.3, 0.4) is 0 Å². The Kier molecular flexibility index (Phi) is 5.23. The Morgan fingerprint density at radius 1 is 1.15 bits per heavy atom. The molecule has 0 amide bonds. The molecule has 1 aromatic heterocycles. The fourth-order valence-electron chi connectivity index (χ4n) is 3.07. The van der Waals surface area contributed by atoms with Crippen molar-refractivity contribution in [2.24, 2.45) is 0 Å². The SMILES string of the molecule is O=C(Oc1ccc(Cl)c2cccnc12)c1ccccc1OC[C@H]1CCCO1. The van der Waals surface area contributed by atoms with E-state index in [9.17, 15) is 4.79 Å². The van der Waals surface area contributed by atoms with Gasteiger partial charge in [-0.25, -0.2) is 4.79 Å². The summed E-state index contributed by atoms with van der Waals surface area (Å²) in [6.07, 6.45) is 3.71. The lowest BCUT2D eigenvalue weighted by molar-refractivity contribution is 0.0645. The lowest BCUT2D eigenvalue weighted by Gasteiger charge is -2.14. The normalized spacial score (nSPS) is 16.4. The molecule has 0 bridgehead atoms. The van der Waals surface area contributed by atoms with Crippen molar-refractivity contribution in [3.8, 4) is 11.5 Å². The molecule has 6 heteroatoms. The first kappa shape index (κ1) is 17.8. The van der Waals surface area contributed by atoms with Gasteiger partial charge in [-0.2, -0.15) is 0 Å². The summed E-state index contributed by atoms with van der Waals surface area (Å²) in [6, 6.07) is 14.0. The van der Waals surface area contributed by atoms with E-state index in [-0.39, 0.29) is 6.10 Å². The molecule has 0 aliphatic carbocycles. The molecule has 2 heterocycles. The number of benzene rings is 2. The third-order valence-corrected chi connectivity index (χ3v) is 4.77. The second kappa shape index (κ2) is 7.94. The molecule has 1 aliphatic heterocycles. The summed E-state index contributed by atoms with van der Waals surface area (Å²) >= 11 is 6.20. The topological polar surface area (TPSA) is 57.7 Å². The molecule has 1 aliphatic rings. The summed E-state index contributed by atoms with van der Waals surface area (Å²) in [6.45, 7) is 1.17. The van der Waals surface area contributed by atoms with Crippen LogP contribution in [-0.4, -0.2) is 30.3 Å². The van der Waals surface area contributed by atoms with E-state index in [1.807, 2.05) is 12.1 Å². The zero-order chi connectivity index (χ0) is 18.6. The van der Waals surface area contributed by atoms with Crippen LogP contribution in [-0.2, 0) is 4.74 Å². The fraction of sp³-hybridized carbons (Fsp3) is 0.238. The van der Waals surface area contributed by atoms with E-state index in [2.05, 4.69) is 4.98 Å². The number of para-hydroxylation sites is 1. The van der Waals surface area contributed by atoms with Crippen LogP contribution in [0.5, 0.6) is 11.5 Å². The molecule has 0 saturated carbocycles. The molecule has 1 fully saturated rings. The summed E-state index contributed by atoms with van der Waals surface area (Å²) in [5, 5.41) is 1.28. The van der Waals surface area contributed by atoms with E-state index in [4.69, 9.17) is 25.8 Å². The third kappa shape index (κ3) is 3.89. The number of nitrogens with zero attached hydrogens (tertiary/aromatic N) is 1. The number of carbonyl (C=O) groups is 1. The van der Waals surface area contributed by atoms with Crippen molar-refractivity contribution in [1.82, 2.24) is 4.98 Å². The highest BCUT2D eigenvalue weighted by Crippen LogP contribution is 2.31. The van der Waals surface area contributed by atoms with Crippen LogP contribution < -0.4 is 9.47 Å². The number of ether oxygens (including phenoxy) is 3. The van der Waals surface area contributed by atoms with Crippen LogP contribution >= 0.6 is 11.6 Å². The van der Waals surface area contributed by atoms with Gasteiger partial charge in [-0.1, -0.05) is 23.7 Å². The minimum atomic E-state index is -0.507. The van der Waals surface area contributed by atoms with Crippen LogP contribution in [0.1, 0.15) is 23.2 Å². The molecule has 0 N–H and O–H groups in total. The standard InChI is InChI=1S/C21H18ClNO4/c22-17-9-10-19(20-15(17)7-3-11-23-20)27-21(24)16-6-1-2-8-18(16)26-13-14-5-4-12-25-14/h1-3,6-11,14H,4-5,12-13H2/t14-/m1/s1. The maximum Gasteiger partial charge on any atom is 0.347 e. The van der Waals surface area contributed by atoms with Gasteiger partial charge in [-0.15, -0.1) is 0 Å². The maximum absolute atomic E-state index is 12.8. The molecular weight excluding hydrogens is 366 g/mol. The van der Waals surface area contributed by atoms with E-state index in [1.54, 1.807) is 42.6 Å². The van der Waals surface area contributed by atoms with Gasteiger partial charge < -0.3 is 14.2 Å². The monoisotopic (exact) mass is 383 g/mol. The van der Waals surface area contributed by atoms with Crippen LogP contribution in [0.4, 0.5) is 0 Å². The molecule has 1 saturated heterocycles. The molecule has 1 atom stereocenters. The molecule has 5 nitrogen and oxygen atoms in total. The van der Waals surface area contributed by atoms with E-state index >= 15 is 0 Å². The Morgan fingerprint density at radius 2 is 2.04 bits per heavy atom. The van der Waals surface area contributed by atoms with Crippen molar-refractivity contribution in [3.63, 3.8) is 0 Å². The second-order valence-corrected chi connectivity index (χ2v) is 6.68. The summed E-state index contributed by atoms with van der Waals surface area (Å²) in [5.41, 5.74) is 0.894. The third-order valence-electron chi connectivity index (χ3n) is 4.44. The van der Waals surface area contributed by atoms with Crippen LogP contribution in [0.2, 0.25) is 5.02 Å². The number of hydrogen-bond donors (Lipinski definition) is 0. The number of carbonyl (C=O) groups excluding carboxylic acids is 1. The molecule has 3 aromatic rings. The molecule has 0 radical (unpaired) electrons. The van der Waals surface area contributed by atoms with Crippen molar-refractivity contribution in [2.75, 3.05) is 13.2 Å². The summed E-state index contributed by atoms with van der Waals surface area (Å²) in [5.74, 6) is 0.324. The van der Waals surface area contributed by atoms with Crippen LogP contribution in [0, 0.1) is 0 Å². The number of hydrogen-bond acceptors (Lipinski definition) is 5. The van der Waals surface area contributed by atoms with Crippen molar-refractivity contribution in [3.05, 3.63) is 65.3 Å². The van der Waals surface area contributed by atoms with E-state index < -0.39 is 5.97 Å². The Morgan fingerprint density at radius 3 is 2.89 bits per heavy atom. The first-order chi connectivity index (χ1) is 13.2. The van der Waals surface area contributed by atoms with Gasteiger partial charge >= 0.3 is 5.97 Å². The van der Waals surface area contributed by atoms with E-state index in [1.165, 1.54) is 0 Å². The highest BCUT2D eigenvalue weighted by atomic mass is 35.5. The average molecular weight is 384 g/mol. The van der Waals surface area contributed by atoms with Crippen LogP contribution in [0.25, 0.3) is 10.9 Å².